The molecule has 6 heteroatoms. The Morgan fingerprint density at radius 1 is 1.44 bits per heavy atom. The Kier molecular flexibility index (Phi) is 3.04. The van der Waals surface area contributed by atoms with Crippen molar-refractivity contribution in [1.29, 1.82) is 0 Å². The second-order valence-electron chi connectivity index (χ2n) is 3.78. The van der Waals surface area contributed by atoms with Crippen LogP contribution in [0.1, 0.15) is 5.56 Å². The molecule has 5 nitrogen and oxygen atoms in total. The van der Waals surface area contributed by atoms with Crippen molar-refractivity contribution < 1.29 is 10.2 Å². The first-order chi connectivity index (χ1) is 7.59. The van der Waals surface area contributed by atoms with E-state index in [9.17, 15) is 10.2 Å². The van der Waals surface area contributed by atoms with Gasteiger partial charge >= 0.3 is 0 Å². The Hall–Kier alpha value is -1.24. The maximum absolute atomic E-state index is 9.48. The van der Waals surface area contributed by atoms with E-state index in [1.165, 1.54) is 0 Å². The zero-order chi connectivity index (χ0) is 11.7. The summed E-state index contributed by atoms with van der Waals surface area (Å²) in [6.45, 7) is 0.682. The number of thiocarbonyl (C=S) groups is 1. The first-order valence-corrected chi connectivity index (χ1v) is 5.36. The minimum Gasteiger partial charge on any atom is -0.389 e. The molecule has 0 bridgehead atoms. The third kappa shape index (κ3) is 1.99. The largest absolute Gasteiger partial charge is 0.389 e. The molecule has 0 aliphatic carbocycles. The molecule has 2 atom stereocenters. The van der Waals surface area contributed by atoms with Crippen LogP contribution in [0.5, 0.6) is 0 Å². The Morgan fingerprint density at radius 3 is 2.62 bits per heavy atom. The zero-order valence-corrected chi connectivity index (χ0v) is 9.39. The number of rotatable bonds is 2. The Bertz CT molecular complexity index is 403. The monoisotopic (exact) mass is 239 g/mol. The van der Waals surface area contributed by atoms with E-state index in [0.29, 0.717) is 24.5 Å². The second kappa shape index (κ2) is 4.32. The first-order valence-electron chi connectivity index (χ1n) is 4.95. The van der Waals surface area contributed by atoms with E-state index in [1.54, 1.807) is 23.2 Å². The third-order valence-electron chi connectivity index (χ3n) is 2.61. The molecular formula is C10H13N3O2S. The standard InChI is InChI=1S/C10H13N3O2S/c11-9(16)6-2-1-3-12-10(6)13-4-7(14)8(15)5-13/h1-3,7-8,14-15H,4-5H2,(H2,11,16). The summed E-state index contributed by atoms with van der Waals surface area (Å²) < 4.78 is 0. The van der Waals surface area contributed by atoms with Gasteiger partial charge in [0, 0.05) is 19.3 Å². The molecule has 2 heterocycles. The van der Waals surface area contributed by atoms with Gasteiger partial charge < -0.3 is 20.8 Å². The number of anilines is 1. The summed E-state index contributed by atoms with van der Waals surface area (Å²) in [5, 5.41) is 19.0. The lowest BCUT2D eigenvalue weighted by molar-refractivity contribution is 0.0572. The van der Waals surface area contributed by atoms with Crippen LogP contribution in [0.15, 0.2) is 18.3 Å². The van der Waals surface area contributed by atoms with Crippen LogP contribution in [-0.4, -0.2) is 45.5 Å². The fourth-order valence-electron chi connectivity index (χ4n) is 1.78. The molecule has 1 aromatic heterocycles. The van der Waals surface area contributed by atoms with Crippen LogP contribution in [0.3, 0.4) is 0 Å². The van der Waals surface area contributed by atoms with Crippen molar-refractivity contribution in [2.24, 2.45) is 5.73 Å². The number of nitrogens with zero attached hydrogens (tertiary/aromatic N) is 2. The molecule has 4 N–H and O–H groups in total. The minimum atomic E-state index is -0.749. The molecule has 1 aliphatic rings. The predicted octanol–water partition coefficient (Wildman–Crippen LogP) is -0.742. The number of aliphatic hydroxyl groups is 2. The SMILES string of the molecule is NC(=S)c1cccnc1N1CC(O)C(O)C1. The van der Waals surface area contributed by atoms with Crippen LogP contribution in [-0.2, 0) is 0 Å². The number of aliphatic hydroxyl groups excluding tert-OH is 2. The highest BCUT2D eigenvalue weighted by Crippen LogP contribution is 2.22. The van der Waals surface area contributed by atoms with Crippen molar-refractivity contribution in [3.8, 4) is 0 Å². The average Bonchev–Trinajstić information content (AvgIpc) is 2.59. The molecule has 1 fully saturated rings. The lowest BCUT2D eigenvalue weighted by Gasteiger charge is -2.19. The first kappa shape index (κ1) is 11.3. The van der Waals surface area contributed by atoms with Gasteiger partial charge in [-0.1, -0.05) is 12.2 Å². The Balaban J connectivity index is 2.31. The summed E-state index contributed by atoms with van der Waals surface area (Å²) in [4.78, 5) is 6.23. The van der Waals surface area contributed by atoms with Gasteiger partial charge in [-0.3, -0.25) is 0 Å². The molecule has 86 valence electrons. The van der Waals surface area contributed by atoms with Crippen LogP contribution in [0.4, 0.5) is 5.82 Å². The van der Waals surface area contributed by atoms with Crippen LogP contribution >= 0.6 is 12.2 Å². The van der Waals surface area contributed by atoms with Gasteiger partial charge in [0.15, 0.2) is 0 Å². The molecule has 0 spiro atoms. The molecule has 1 saturated heterocycles. The van der Waals surface area contributed by atoms with E-state index in [-0.39, 0.29) is 4.99 Å². The van der Waals surface area contributed by atoms with Gasteiger partial charge in [-0.25, -0.2) is 4.98 Å². The van der Waals surface area contributed by atoms with E-state index >= 15 is 0 Å². The van der Waals surface area contributed by atoms with Crippen LogP contribution in [0.25, 0.3) is 0 Å². The molecule has 2 rings (SSSR count). The fourth-order valence-corrected chi connectivity index (χ4v) is 1.94. The molecule has 16 heavy (non-hydrogen) atoms. The minimum absolute atomic E-state index is 0.263. The summed E-state index contributed by atoms with van der Waals surface area (Å²) in [5.41, 5.74) is 6.26. The lowest BCUT2D eigenvalue weighted by atomic mass is 10.2. The molecule has 0 radical (unpaired) electrons. The molecule has 1 aromatic rings. The molecule has 1 aliphatic heterocycles. The van der Waals surface area contributed by atoms with E-state index < -0.39 is 12.2 Å². The van der Waals surface area contributed by atoms with E-state index in [1.807, 2.05) is 0 Å². The normalized spacial score (nSPS) is 24.8. The van der Waals surface area contributed by atoms with E-state index in [2.05, 4.69) is 4.98 Å². The second-order valence-corrected chi connectivity index (χ2v) is 4.22. The van der Waals surface area contributed by atoms with Crippen molar-refractivity contribution in [1.82, 2.24) is 4.98 Å². The van der Waals surface area contributed by atoms with Crippen molar-refractivity contribution in [2.75, 3.05) is 18.0 Å². The maximum atomic E-state index is 9.48. The van der Waals surface area contributed by atoms with Gasteiger partial charge in [0.2, 0.25) is 0 Å². The number of hydrogen-bond donors (Lipinski definition) is 3. The highest BCUT2D eigenvalue weighted by molar-refractivity contribution is 7.80. The van der Waals surface area contributed by atoms with Crippen molar-refractivity contribution in [3.63, 3.8) is 0 Å². The molecule has 0 saturated carbocycles. The fraction of sp³-hybridized carbons (Fsp3) is 0.400. The Labute approximate surface area is 98.5 Å². The van der Waals surface area contributed by atoms with Gasteiger partial charge in [0.05, 0.1) is 17.8 Å². The molecule has 2 unspecified atom stereocenters. The Morgan fingerprint density at radius 2 is 2.06 bits per heavy atom. The van der Waals surface area contributed by atoms with Crippen LogP contribution in [0.2, 0.25) is 0 Å². The number of aromatic nitrogens is 1. The summed E-state index contributed by atoms with van der Waals surface area (Å²) >= 11 is 4.93. The highest BCUT2D eigenvalue weighted by atomic mass is 32.1. The number of hydrogen-bond acceptors (Lipinski definition) is 5. The summed E-state index contributed by atoms with van der Waals surface area (Å²) in [5.74, 6) is 0.616. The summed E-state index contributed by atoms with van der Waals surface area (Å²) in [6.07, 6.45) is 0.135. The van der Waals surface area contributed by atoms with Crippen molar-refractivity contribution in [2.45, 2.75) is 12.2 Å². The van der Waals surface area contributed by atoms with Crippen molar-refractivity contribution >= 4 is 23.0 Å². The van der Waals surface area contributed by atoms with Crippen LogP contribution in [0, 0.1) is 0 Å². The number of pyridine rings is 1. The molecule has 0 aromatic carbocycles. The van der Waals surface area contributed by atoms with Gasteiger partial charge in [0.1, 0.15) is 10.8 Å². The zero-order valence-electron chi connectivity index (χ0n) is 8.58. The quantitative estimate of drug-likeness (QED) is 0.590. The number of β-amino-alcohol motifs (C(OH)–C–C–N with tert-alkyl or cyclic N) is 2. The number of nitrogens with two attached hydrogens (primary N) is 1. The van der Waals surface area contributed by atoms with Gasteiger partial charge in [0.25, 0.3) is 0 Å². The average molecular weight is 239 g/mol. The lowest BCUT2D eigenvalue weighted by Crippen LogP contribution is -2.26. The topological polar surface area (TPSA) is 82.6 Å². The van der Waals surface area contributed by atoms with Crippen molar-refractivity contribution in [3.05, 3.63) is 23.9 Å². The highest BCUT2D eigenvalue weighted by Gasteiger charge is 2.31. The van der Waals surface area contributed by atoms with E-state index in [0.717, 1.165) is 0 Å². The van der Waals surface area contributed by atoms with Gasteiger partial charge in [-0.15, -0.1) is 0 Å². The molecule has 0 amide bonds. The smallest absolute Gasteiger partial charge is 0.138 e. The van der Waals surface area contributed by atoms with Gasteiger partial charge in [-0.2, -0.15) is 0 Å². The van der Waals surface area contributed by atoms with Gasteiger partial charge in [-0.05, 0) is 12.1 Å². The maximum Gasteiger partial charge on any atom is 0.138 e. The summed E-state index contributed by atoms with van der Waals surface area (Å²) in [7, 11) is 0. The third-order valence-corrected chi connectivity index (χ3v) is 2.83. The van der Waals surface area contributed by atoms with Crippen LogP contribution < -0.4 is 10.6 Å². The summed E-state index contributed by atoms with van der Waals surface area (Å²) in [6, 6.07) is 3.53. The molecular weight excluding hydrogens is 226 g/mol. The predicted molar refractivity (Wildman–Crippen MR) is 64.4 cm³/mol. The van der Waals surface area contributed by atoms with E-state index in [4.69, 9.17) is 18.0 Å².